The zero-order chi connectivity index (χ0) is 12.9. The second kappa shape index (κ2) is 6.55. The molecule has 2 heteroatoms. The van der Waals surface area contributed by atoms with Crippen molar-refractivity contribution in [1.29, 1.82) is 0 Å². The summed E-state index contributed by atoms with van der Waals surface area (Å²) in [5.74, 6) is 0. The van der Waals surface area contributed by atoms with Crippen LogP contribution < -0.4 is 5.32 Å². The molecule has 2 nitrogen and oxygen atoms in total. The molecule has 0 amide bonds. The van der Waals surface area contributed by atoms with Gasteiger partial charge in [-0.25, -0.2) is 0 Å². The molecule has 100 valence electrons. The maximum absolute atomic E-state index is 6.01. The van der Waals surface area contributed by atoms with Gasteiger partial charge in [-0.2, -0.15) is 0 Å². The molecule has 1 unspecified atom stereocenters. The molecule has 0 aromatic heterocycles. The minimum atomic E-state index is 0.101. The summed E-state index contributed by atoms with van der Waals surface area (Å²) < 4.78 is 6.01. The molecule has 0 spiro atoms. The fourth-order valence-corrected chi connectivity index (χ4v) is 2.35. The van der Waals surface area contributed by atoms with E-state index in [1.165, 1.54) is 18.4 Å². The lowest BCUT2D eigenvalue weighted by Gasteiger charge is -2.19. The van der Waals surface area contributed by atoms with Crippen LogP contribution in [0.1, 0.15) is 60.3 Å². The molecule has 1 aliphatic rings. The third kappa shape index (κ3) is 6.23. The van der Waals surface area contributed by atoms with Crippen LogP contribution in [0.25, 0.3) is 0 Å². The molecule has 0 saturated carbocycles. The third-order valence-electron chi connectivity index (χ3n) is 3.29. The molecular formula is C15H29NO. The van der Waals surface area contributed by atoms with Gasteiger partial charge in [-0.05, 0) is 53.0 Å². The Bertz CT molecular complexity index is 256. The van der Waals surface area contributed by atoms with E-state index in [9.17, 15) is 0 Å². The number of hydrogen-bond acceptors (Lipinski definition) is 2. The Labute approximate surface area is 107 Å². The van der Waals surface area contributed by atoms with Crippen molar-refractivity contribution in [1.82, 2.24) is 5.32 Å². The van der Waals surface area contributed by atoms with Crippen LogP contribution in [0.2, 0.25) is 0 Å². The van der Waals surface area contributed by atoms with Gasteiger partial charge in [0.05, 0.1) is 11.7 Å². The fourth-order valence-electron chi connectivity index (χ4n) is 2.35. The van der Waals surface area contributed by atoms with Gasteiger partial charge >= 0.3 is 0 Å². The number of rotatable bonds is 6. The van der Waals surface area contributed by atoms with Crippen molar-refractivity contribution in [3.8, 4) is 0 Å². The molecule has 0 aromatic carbocycles. The maximum Gasteiger partial charge on any atom is 0.0631 e. The first-order valence-electron chi connectivity index (χ1n) is 6.96. The van der Waals surface area contributed by atoms with Gasteiger partial charge in [0, 0.05) is 6.04 Å². The maximum atomic E-state index is 6.01. The monoisotopic (exact) mass is 239 g/mol. The van der Waals surface area contributed by atoms with Crippen molar-refractivity contribution in [2.24, 2.45) is 0 Å². The smallest absolute Gasteiger partial charge is 0.0631 e. The molecule has 1 rings (SSSR count). The Balaban J connectivity index is 2.20. The highest BCUT2D eigenvalue weighted by Crippen LogP contribution is 2.32. The van der Waals surface area contributed by atoms with Crippen molar-refractivity contribution in [2.45, 2.75) is 78.0 Å². The molecule has 0 aliphatic carbocycles. The van der Waals surface area contributed by atoms with Gasteiger partial charge in [0.1, 0.15) is 0 Å². The van der Waals surface area contributed by atoms with Crippen LogP contribution in [-0.2, 0) is 4.74 Å². The first-order valence-corrected chi connectivity index (χ1v) is 6.96. The van der Waals surface area contributed by atoms with Crippen LogP contribution in [0.5, 0.6) is 0 Å². The van der Waals surface area contributed by atoms with Crippen LogP contribution in [0.3, 0.4) is 0 Å². The summed E-state index contributed by atoms with van der Waals surface area (Å²) in [5.41, 5.74) is 1.57. The van der Waals surface area contributed by atoms with Crippen molar-refractivity contribution in [2.75, 3.05) is 6.54 Å². The molecular weight excluding hydrogens is 210 g/mol. The van der Waals surface area contributed by atoms with Gasteiger partial charge in [0.2, 0.25) is 0 Å². The average molecular weight is 239 g/mol. The molecule has 1 aliphatic heterocycles. The van der Waals surface area contributed by atoms with E-state index in [-0.39, 0.29) is 5.60 Å². The zero-order valence-corrected chi connectivity index (χ0v) is 12.2. The Hall–Kier alpha value is -0.340. The third-order valence-corrected chi connectivity index (χ3v) is 3.29. The molecule has 1 fully saturated rings. The summed E-state index contributed by atoms with van der Waals surface area (Å²) in [6.07, 6.45) is 7.43. The van der Waals surface area contributed by atoms with Gasteiger partial charge in [-0.15, -0.1) is 0 Å². The van der Waals surface area contributed by atoms with E-state index in [1.807, 2.05) is 0 Å². The molecule has 1 saturated heterocycles. The topological polar surface area (TPSA) is 21.3 Å². The summed E-state index contributed by atoms with van der Waals surface area (Å²) in [7, 11) is 0. The normalized spacial score (nSPS) is 24.6. The highest BCUT2D eigenvalue weighted by molar-refractivity contribution is 5.01. The highest BCUT2D eigenvalue weighted by atomic mass is 16.5. The van der Waals surface area contributed by atoms with Crippen LogP contribution in [0, 0.1) is 0 Å². The zero-order valence-electron chi connectivity index (χ0n) is 12.2. The highest BCUT2D eigenvalue weighted by Gasteiger charge is 2.31. The molecule has 1 N–H and O–H groups in total. The number of hydrogen-bond donors (Lipinski definition) is 1. The molecule has 0 radical (unpaired) electrons. The van der Waals surface area contributed by atoms with E-state index in [0.717, 1.165) is 19.4 Å². The van der Waals surface area contributed by atoms with Gasteiger partial charge < -0.3 is 10.1 Å². The van der Waals surface area contributed by atoms with Gasteiger partial charge in [0.15, 0.2) is 0 Å². The quantitative estimate of drug-likeness (QED) is 0.564. The largest absolute Gasteiger partial charge is 0.372 e. The molecule has 0 bridgehead atoms. The van der Waals surface area contributed by atoms with Crippen molar-refractivity contribution in [3.63, 3.8) is 0 Å². The number of ether oxygens (including phenoxy) is 1. The van der Waals surface area contributed by atoms with E-state index < -0.39 is 0 Å². The lowest BCUT2D eigenvalue weighted by Crippen LogP contribution is -2.23. The Kier molecular flexibility index (Phi) is 5.68. The van der Waals surface area contributed by atoms with Crippen LogP contribution >= 0.6 is 0 Å². The van der Waals surface area contributed by atoms with E-state index in [0.29, 0.717) is 12.1 Å². The molecule has 17 heavy (non-hydrogen) atoms. The van der Waals surface area contributed by atoms with Crippen molar-refractivity contribution >= 4 is 0 Å². The fraction of sp³-hybridized carbons (Fsp3) is 0.867. The molecule has 0 aromatic rings. The first kappa shape index (κ1) is 14.7. The van der Waals surface area contributed by atoms with E-state index in [1.54, 1.807) is 0 Å². The summed E-state index contributed by atoms with van der Waals surface area (Å²) >= 11 is 0. The SMILES string of the molecule is C/C(=C/CCNC(C)C)CC1CCC(C)(C)O1. The molecule has 1 atom stereocenters. The van der Waals surface area contributed by atoms with Crippen LogP contribution in [0.15, 0.2) is 11.6 Å². The predicted molar refractivity (Wildman–Crippen MR) is 74.3 cm³/mol. The predicted octanol–water partition coefficient (Wildman–Crippen LogP) is 3.67. The standard InChI is InChI=1S/C15H29NO/c1-12(2)16-10-6-7-13(3)11-14-8-9-15(4,5)17-14/h7,12,14,16H,6,8-11H2,1-5H3/b13-7-. The minimum Gasteiger partial charge on any atom is -0.372 e. The summed E-state index contributed by atoms with van der Waals surface area (Å²) in [6, 6.07) is 0.586. The van der Waals surface area contributed by atoms with E-state index >= 15 is 0 Å². The van der Waals surface area contributed by atoms with Crippen molar-refractivity contribution in [3.05, 3.63) is 11.6 Å². The summed E-state index contributed by atoms with van der Waals surface area (Å²) in [4.78, 5) is 0. The number of nitrogens with one attached hydrogen (secondary N) is 1. The van der Waals surface area contributed by atoms with E-state index in [2.05, 4.69) is 46.0 Å². The second-order valence-electron chi connectivity index (χ2n) is 6.19. The van der Waals surface area contributed by atoms with Gasteiger partial charge in [0.25, 0.3) is 0 Å². The molecule has 1 heterocycles. The minimum absolute atomic E-state index is 0.101. The van der Waals surface area contributed by atoms with E-state index in [4.69, 9.17) is 4.74 Å². The lowest BCUT2D eigenvalue weighted by molar-refractivity contribution is -0.0144. The summed E-state index contributed by atoms with van der Waals surface area (Å²) in [5, 5.41) is 3.43. The van der Waals surface area contributed by atoms with Crippen molar-refractivity contribution < 1.29 is 4.74 Å². The first-order chi connectivity index (χ1) is 7.89. The average Bonchev–Trinajstić information content (AvgIpc) is 2.52. The lowest BCUT2D eigenvalue weighted by atomic mass is 10.0. The Morgan fingerprint density at radius 1 is 1.47 bits per heavy atom. The van der Waals surface area contributed by atoms with Crippen LogP contribution in [0.4, 0.5) is 0 Å². The Morgan fingerprint density at radius 2 is 2.18 bits per heavy atom. The van der Waals surface area contributed by atoms with Gasteiger partial charge in [-0.3, -0.25) is 0 Å². The van der Waals surface area contributed by atoms with Gasteiger partial charge in [-0.1, -0.05) is 25.5 Å². The summed E-state index contributed by atoms with van der Waals surface area (Å²) in [6.45, 7) is 12.1. The van der Waals surface area contributed by atoms with Crippen LogP contribution in [-0.4, -0.2) is 24.3 Å². The Morgan fingerprint density at radius 3 is 2.71 bits per heavy atom. The second-order valence-corrected chi connectivity index (χ2v) is 6.19.